The summed E-state index contributed by atoms with van der Waals surface area (Å²) in [5.74, 6) is 0.512. The van der Waals surface area contributed by atoms with Gasteiger partial charge in [0.2, 0.25) is 0 Å². The Bertz CT molecular complexity index is 540. The first-order chi connectivity index (χ1) is 9.69. The number of hydrogen-bond donors (Lipinski definition) is 2. The van der Waals surface area contributed by atoms with Gasteiger partial charge in [0.05, 0.1) is 18.3 Å². The number of nitrogens with two attached hydrogens (primary N) is 1. The molecule has 0 radical (unpaired) electrons. The van der Waals surface area contributed by atoms with E-state index >= 15 is 0 Å². The number of aryl methyl sites for hydroxylation is 1. The number of methoxy groups -OCH3 is 1. The van der Waals surface area contributed by atoms with Gasteiger partial charge in [-0.25, -0.2) is 4.98 Å². The Morgan fingerprint density at radius 2 is 2.00 bits per heavy atom. The van der Waals surface area contributed by atoms with Gasteiger partial charge in [0, 0.05) is 13.3 Å². The predicted octanol–water partition coefficient (Wildman–Crippen LogP) is 2.64. The zero-order valence-electron chi connectivity index (χ0n) is 12.0. The molecule has 0 unspecified atom stereocenters. The molecule has 0 aliphatic rings. The van der Waals surface area contributed by atoms with Gasteiger partial charge in [0.15, 0.2) is 0 Å². The second-order valence-electron chi connectivity index (χ2n) is 4.92. The Balaban J connectivity index is 2.07. The molecule has 0 saturated carbocycles. The molecule has 2 rings (SSSR count). The fourth-order valence-electron chi connectivity index (χ4n) is 2.12. The molecule has 0 bridgehead atoms. The molecule has 2 aromatic rings. The van der Waals surface area contributed by atoms with E-state index in [1.807, 2.05) is 12.1 Å². The Hall–Kier alpha value is -2.07. The van der Waals surface area contributed by atoms with Crippen LogP contribution in [0.2, 0.25) is 0 Å². The molecular formula is C16H21N3O. The first-order valence-electron chi connectivity index (χ1n) is 6.70. The molecule has 0 saturated heterocycles. The van der Waals surface area contributed by atoms with E-state index < -0.39 is 0 Å². The summed E-state index contributed by atoms with van der Waals surface area (Å²) in [7, 11) is 1.70. The zero-order chi connectivity index (χ0) is 14.4. The van der Waals surface area contributed by atoms with Gasteiger partial charge in [0.1, 0.15) is 5.82 Å². The third kappa shape index (κ3) is 3.96. The minimum absolute atomic E-state index is 0.161. The monoisotopic (exact) mass is 271 g/mol. The molecule has 1 heterocycles. The summed E-state index contributed by atoms with van der Waals surface area (Å²) in [6.45, 7) is 2.70. The SMILES string of the molecule is COC[C@H](Cc1ccc(C)cc1)Nc1cccnc1N. The highest BCUT2D eigenvalue weighted by molar-refractivity contribution is 5.61. The van der Waals surface area contributed by atoms with Crippen molar-refractivity contribution < 1.29 is 4.74 Å². The van der Waals surface area contributed by atoms with Crippen LogP contribution in [-0.4, -0.2) is 24.7 Å². The molecule has 0 aliphatic carbocycles. The maximum absolute atomic E-state index is 5.86. The van der Waals surface area contributed by atoms with Crippen LogP contribution in [0.3, 0.4) is 0 Å². The number of pyridine rings is 1. The summed E-state index contributed by atoms with van der Waals surface area (Å²) < 4.78 is 5.29. The third-order valence-electron chi connectivity index (χ3n) is 3.17. The lowest BCUT2D eigenvalue weighted by molar-refractivity contribution is 0.185. The number of aromatic nitrogens is 1. The maximum Gasteiger partial charge on any atom is 0.146 e. The first kappa shape index (κ1) is 14.3. The Morgan fingerprint density at radius 1 is 1.25 bits per heavy atom. The van der Waals surface area contributed by atoms with Crippen molar-refractivity contribution >= 4 is 11.5 Å². The van der Waals surface area contributed by atoms with Crippen molar-refractivity contribution in [3.8, 4) is 0 Å². The summed E-state index contributed by atoms with van der Waals surface area (Å²) in [6.07, 6.45) is 2.56. The van der Waals surface area contributed by atoms with Crippen molar-refractivity contribution in [2.45, 2.75) is 19.4 Å². The summed E-state index contributed by atoms with van der Waals surface area (Å²) in [6, 6.07) is 12.5. The van der Waals surface area contributed by atoms with Crippen LogP contribution in [0.1, 0.15) is 11.1 Å². The van der Waals surface area contributed by atoms with Crippen molar-refractivity contribution in [3.63, 3.8) is 0 Å². The Morgan fingerprint density at radius 3 is 2.65 bits per heavy atom. The summed E-state index contributed by atoms with van der Waals surface area (Å²) in [5, 5.41) is 3.40. The first-order valence-corrected chi connectivity index (χ1v) is 6.70. The number of benzene rings is 1. The van der Waals surface area contributed by atoms with Gasteiger partial charge in [-0.05, 0) is 31.0 Å². The lowest BCUT2D eigenvalue weighted by atomic mass is 10.0. The maximum atomic E-state index is 5.86. The van der Waals surface area contributed by atoms with Crippen LogP contribution in [0.15, 0.2) is 42.6 Å². The van der Waals surface area contributed by atoms with Crippen LogP contribution in [0.5, 0.6) is 0 Å². The van der Waals surface area contributed by atoms with Crippen molar-refractivity contribution in [3.05, 3.63) is 53.7 Å². The molecule has 4 nitrogen and oxygen atoms in total. The fourth-order valence-corrected chi connectivity index (χ4v) is 2.12. The largest absolute Gasteiger partial charge is 0.383 e. The topological polar surface area (TPSA) is 60.2 Å². The second-order valence-corrected chi connectivity index (χ2v) is 4.92. The van der Waals surface area contributed by atoms with Crippen LogP contribution in [0.25, 0.3) is 0 Å². The minimum atomic E-state index is 0.161. The minimum Gasteiger partial charge on any atom is -0.383 e. The predicted molar refractivity (Wildman–Crippen MR) is 82.8 cm³/mol. The molecule has 0 fully saturated rings. The Kier molecular flexibility index (Phi) is 4.96. The lowest BCUT2D eigenvalue weighted by Crippen LogP contribution is -2.28. The molecule has 0 spiro atoms. The molecule has 4 heteroatoms. The molecule has 3 N–H and O–H groups in total. The van der Waals surface area contributed by atoms with Crippen LogP contribution in [0.4, 0.5) is 11.5 Å². The van der Waals surface area contributed by atoms with Crippen LogP contribution >= 0.6 is 0 Å². The fraction of sp³-hybridized carbons (Fsp3) is 0.312. The molecule has 1 aromatic heterocycles. The highest BCUT2D eigenvalue weighted by Gasteiger charge is 2.11. The summed E-state index contributed by atoms with van der Waals surface area (Å²) in [5.41, 5.74) is 9.25. The molecule has 0 amide bonds. The van der Waals surface area contributed by atoms with Gasteiger partial charge >= 0.3 is 0 Å². The highest BCUT2D eigenvalue weighted by Crippen LogP contribution is 2.17. The van der Waals surface area contributed by atoms with Gasteiger partial charge in [-0.3, -0.25) is 0 Å². The quantitative estimate of drug-likeness (QED) is 0.848. The average molecular weight is 271 g/mol. The number of rotatable bonds is 6. The number of ether oxygens (including phenoxy) is 1. The third-order valence-corrected chi connectivity index (χ3v) is 3.17. The van der Waals surface area contributed by atoms with Crippen molar-refractivity contribution in [2.75, 3.05) is 24.8 Å². The van der Waals surface area contributed by atoms with Gasteiger partial charge in [0.25, 0.3) is 0 Å². The second kappa shape index (κ2) is 6.91. The molecule has 1 aromatic carbocycles. The Labute approximate surface area is 120 Å². The van der Waals surface area contributed by atoms with Gasteiger partial charge in [-0.1, -0.05) is 29.8 Å². The van der Waals surface area contributed by atoms with Gasteiger partial charge in [-0.2, -0.15) is 0 Å². The van der Waals surface area contributed by atoms with E-state index in [2.05, 4.69) is 41.5 Å². The number of hydrogen-bond acceptors (Lipinski definition) is 4. The standard InChI is InChI=1S/C16H21N3O/c1-12-5-7-13(8-6-12)10-14(11-20-2)19-15-4-3-9-18-16(15)17/h3-9,14,19H,10-11H2,1-2H3,(H2,17,18)/t14-/m0/s1. The van der Waals surface area contributed by atoms with Gasteiger partial charge in [-0.15, -0.1) is 0 Å². The molecular weight excluding hydrogens is 250 g/mol. The summed E-state index contributed by atoms with van der Waals surface area (Å²) in [4.78, 5) is 4.09. The summed E-state index contributed by atoms with van der Waals surface area (Å²) >= 11 is 0. The van der Waals surface area contributed by atoms with E-state index in [9.17, 15) is 0 Å². The van der Waals surface area contributed by atoms with E-state index in [4.69, 9.17) is 10.5 Å². The number of nitrogens with one attached hydrogen (secondary N) is 1. The van der Waals surface area contributed by atoms with E-state index in [1.165, 1.54) is 11.1 Å². The van der Waals surface area contributed by atoms with Crippen molar-refractivity contribution in [1.82, 2.24) is 4.98 Å². The number of nitrogen functional groups attached to an aromatic ring is 1. The lowest BCUT2D eigenvalue weighted by Gasteiger charge is -2.20. The normalized spacial score (nSPS) is 12.1. The zero-order valence-corrected chi connectivity index (χ0v) is 12.0. The number of nitrogens with zero attached hydrogens (tertiary/aromatic N) is 1. The highest BCUT2D eigenvalue weighted by atomic mass is 16.5. The molecule has 20 heavy (non-hydrogen) atoms. The van der Waals surface area contributed by atoms with E-state index in [0.717, 1.165) is 12.1 Å². The number of anilines is 2. The smallest absolute Gasteiger partial charge is 0.146 e. The van der Waals surface area contributed by atoms with Crippen LogP contribution < -0.4 is 11.1 Å². The van der Waals surface area contributed by atoms with Crippen molar-refractivity contribution in [1.29, 1.82) is 0 Å². The molecule has 106 valence electrons. The van der Waals surface area contributed by atoms with Crippen LogP contribution in [-0.2, 0) is 11.2 Å². The average Bonchev–Trinajstić information content (AvgIpc) is 2.44. The van der Waals surface area contributed by atoms with E-state index in [0.29, 0.717) is 12.4 Å². The van der Waals surface area contributed by atoms with Gasteiger partial charge < -0.3 is 15.8 Å². The van der Waals surface area contributed by atoms with Crippen molar-refractivity contribution in [2.24, 2.45) is 0 Å². The van der Waals surface area contributed by atoms with Crippen LogP contribution in [0, 0.1) is 6.92 Å². The van der Waals surface area contributed by atoms with E-state index in [1.54, 1.807) is 13.3 Å². The molecule has 1 atom stereocenters. The molecule has 0 aliphatic heterocycles. The van der Waals surface area contributed by atoms with E-state index in [-0.39, 0.29) is 6.04 Å².